The van der Waals surface area contributed by atoms with Gasteiger partial charge in [-0.2, -0.15) is 0 Å². The van der Waals surface area contributed by atoms with Crippen molar-refractivity contribution in [2.24, 2.45) is 0 Å². The van der Waals surface area contributed by atoms with Gasteiger partial charge in [0.05, 0.1) is 26.9 Å². The van der Waals surface area contributed by atoms with Crippen LogP contribution in [0.5, 0.6) is 23.0 Å². The number of rotatable bonds is 7. The number of carbonyl (C=O) groups excluding carboxylic acids is 1. The maximum absolute atomic E-state index is 11.6. The van der Waals surface area contributed by atoms with Crippen LogP contribution in [0, 0.1) is 6.92 Å². The zero-order chi connectivity index (χ0) is 18.4. The zero-order valence-electron chi connectivity index (χ0n) is 14.8. The van der Waals surface area contributed by atoms with E-state index in [1.54, 1.807) is 26.2 Å². The van der Waals surface area contributed by atoms with Crippen LogP contribution in [0.1, 0.15) is 16.7 Å². The molecule has 5 heteroatoms. The number of aldehydes is 1. The number of aromatic hydroxyl groups is 1. The number of hydrogen-bond acceptors (Lipinski definition) is 5. The molecule has 0 unspecified atom stereocenters. The Morgan fingerprint density at radius 2 is 1.80 bits per heavy atom. The Kier molecular flexibility index (Phi) is 6.06. The first-order chi connectivity index (χ1) is 12.0. The molecule has 0 bridgehead atoms. The van der Waals surface area contributed by atoms with Crippen molar-refractivity contribution in [2.45, 2.75) is 13.3 Å². The predicted octanol–water partition coefficient (Wildman–Crippen LogP) is 3.55. The van der Waals surface area contributed by atoms with E-state index in [1.165, 1.54) is 14.2 Å². The van der Waals surface area contributed by atoms with Gasteiger partial charge >= 0.3 is 0 Å². The number of hydrogen-bond donors (Lipinski definition) is 1. The Morgan fingerprint density at radius 1 is 1.08 bits per heavy atom. The summed E-state index contributed by atoms with van der Waals surface area (Å²) in [4.78, 5) is 11.6. The van der Waals surface area contributed by atoms with E-state index in [1.807, 2.05) is 24.3 Å². The van der Waals surface area contributed by atoms with Crippen LogP contribution >= 0.6 is 0 Å². The van der Waals surface area contributed by atoms with Crippen LogP contribution in [0.4, 0.5) is 0 Å². The molecule has 0 saturated carbocycles. The third kappa shape index (κ3) is 3.94. The Balaban J connectivity index is 2.46. The molecule has 0 fully saturated rings. The Labute approximate surface area is 147 Å². The number of phenols is 1. The molecule has 5 nitrogen and oxygen atoms in total. The number of ether oxygens (including phenoxy) is 3. The number of phenolic OH excluding ortho intramolecular Hbond substituents is 1. The van der Waals surface area contributed by atoms with Crippen molar-refractivity contribution in [3.05, 3.63) is 53.1 Å². The minimum absolute atomic E-state index is 0.0276. The summed E-state index contributed by atoms with van der Waals surface area (Å²) in [6.45, 7) is 1.72. The highest BCUT2D eigenvalue weighted by Gasteiger charge is 2.19. The first-order valence-electron chi connectivity index (χ1n) is 7.78. The van der Waals surface area contributed by atoms with Crippen LogP contribution in [-0.4, -0.2) is 32.7 Å². The summed E-state index contributed by atoms with van der Waals surface area (Å²) in [5.41, 5.74) is 2.25. The van der Waals surface area contributed by atoms with Gasteiger partial charge in [0.1, 0.15) is 23.0 Å². The van der Waals surface area contributed by atoms with Crippen LogP contribution < -0.4 is 14.2 Å². The summed E-state index contributed by atoms with van der Waals surface area (Å²) in [7, 11) is 4.60. The molecule has 2 aromatic rings. The Hall–Kier alpha value is -2.95. The van der Waals surface area contributed by atoms with Crippen molar-refractivity contribution in [1.82, 2.24) is 0 Å². The van der Waals surface area contributed by atoms with Gasteiger partial charge in [0.15, 0.2) is 6.29 Å². The maximum atomic E-state index is 11.6. The lowest BCUT2D eigenvalue weighted by Crippen LogP contribution is -1.99. The van der Waals surface area contributed by atoms with Crippen molar-refractivity contribution >= 4 is 11.9 Å². The second kappa shape index (κ2) is 8.24. The van der Waals surface area contributed by atoms with Gasteiger partial charge < -0.3 is 19.3 Å². The van der Waals surface area contributed by atoms with E-state index in [0.29, 0.717) is 40.9 Å². The molecular formula is C20H22O5. The standard InChI is InChI=1S/C20H22O5/c1-13-17(24-3)11-18(25-4)19(20(13)22)15(12-21)9-8-14-6-5-7-16(10-14)23-2/h5-7,9-12,22H,8H2,1-4H3/b15-9-. The van der Waals surface area contributed by atoms with Gasteiger partial charge in [0.2, 0.25) is 0 Å². The largest absolute Gasteiger partial charge is 0.507 e. The van der Waals surface area contributed by atoms with E-state index in [9.17, 15) is 9.90 Å². The molecule has 0 aromatic heterocycles. The van der Waals surface area contributed by atoms with Gasteiger partial charge in [0, 0.05) is 17.2 Å². The van der Waals surface area contributed by atoms with Gasteiger partial charge in [-0.15, -0.1) is 0 Å². The minimum Gasteiger partial charge on any atom is -0.507 e. The molecule has 0 aliphatic rings. The van der Waals surface area contributed by atoms with Gasteiger partial charge in [-0.3, -0.25) is 4.79 Å². The first-order valence-corrected chi connectivity index (χ1v) is 7.78. The van der Waals surface area contributed by atoms with Crippen LogP contribution in [-0.2, 0) is 11.2 Å². The molecule has 132 valence electrons. The summed E-state index contributed by atoms with van der Waals surface area (Å²) < 4.78 is 15.8. The number of allylic oxidation sites excluding steroid dienone is 2. The monoisotopic (exact) mass is 342 g/mol. The third-order valence-electron chi connectivity index (χ3n) is 4.02. The van der Waals surface area contributed by atoms with Crippen molar-refractivity contribution in [3.8, 4) is 23.0 Å². The summed E-state index contributed by atoms with van der Waals surface area (Å²) in [6.07, 6.45) is 2.98. The van der Waals surface area contributed by atoms with Gasteiger partial charge in [-0.25, -0.2) is 0 Å². The normalized spacial score (nSPS) is 11.1. The quantitative estimate of drug-likeness (QED) is 0.616. The van der Waals surface area contributed by atoms with Crippen LogP contribution in [0.2, 0.25) is 0 Å². The molecule has 2 rings (SSSR count). The molecule has 0 aliphatic heterocycles. The molecule has 0 amide bonds. The van der Waals surface area contributed by atoms with Gasteiger partial charge in [-0.05, 0) is 31.0 Å². The summed E-state index contributed by atoms with van der Waals surface area (Å²) in [5.74, 6) is 1.60. The molecular weight excluding hydrogens is 320 g/mol. The minimum atomic E-state index is -0.0276. The lowest BCUT2D eigenvalue weighted by molar-refractivity contribution is -0.103. The van der Waals surface area contributed by atoms with Gasteiger partial charge in [-0.1, -0.05) is 18.2 Å². The van der Waals surface area contributed by atoms with Crippen molar-refractivity contribution in [1.29, 1.82) is 0 Å². The summed E-state index contributed by atoms with van der Waals surface area (Å²) >= 11 is 0. The van der Waals surface area contributed by atoms with E-state index in [0.717, 1.165) is 11.3 Å². The topological polar surface area (TPSA) is 65.0 Å². The molecule has 0 spiro atoms. The molecule has 0 radical (unpaired) electrons. The second-order valence-corrected chi connectivity index (χ2v) is 5.46. The lowest BCUT2D eigenvalue weighted by Gasteiger charge is -2.15. The molecule has 25 heavy (non-hydrogen) atoms. The first kappa shape index (κ1) is 18.4. The van der Waals surface area contributed by atoms with E-state index in [4.69, 9.17) is 14.2 Å². The average molecular weight is 342 g/mol. The van der Waals surface area contributed by atoms with Gasteiger partial charge in [0.25, 0.3) is 0 Å². The van der Waals surface area contributed by atoms with Crippen LogP contribution in [0.15, 0.2) is 36.4 Å². The smallest absolute Gasteiger partial charge is 0.150 e. The highest BCUT2D eigenvalue weighted by Crippen LogP contribution is 2.41. The number of methoxy groups -OCH3 is 3. The number of benzene rings is 2. The molecule has 1 N–H and O–H groups in total. The zero-order valence-corrected chi connectivity index (χ0v) is 14.8. The molecule has 0 heterocycles. The number of carbonyl (C=O) groups is 1. The van der Waals surface area contributed by atoms with Crippen molar-refractivity contribution in [3.63, 3.8) is 0 Å². The SMILES string of the molecule is COc1cccc(C/C=C(/C=O)c2c(OC)cc(OC)c(C)c2O)c1. The summed E-state index contributed by atoms with van der Waals surface area (Å²) in [6, 6.07) is 9.24. The fourth-order valence-corrected chi connectivity index (χ4v) is 2.61. The lowest BCUT2D eigenvalue weighted by atomic mass is 9.98. The fourth-order valence-electron chi connectivity index (χ4n) is 2.61. The van der Waals surface area contributed by atoms with Crippen LogP contribution in [0.3, 0.4) is 0 Å². The molecule has 0 aliphatic carbocycles. The van der Waals surface area contributed by atoms with E-state index < -0.39 is 0 Å². The second-order valence-electron chi connectivity index (χ2n) is 5.46. The Bertz CT molecular complexity index is 793. The van der Waals surface area contributed by atoms with E-state index >= 15 is 0 Å². The van der Waals surface area contributed by atoms with Crippen molar-refractivity contribution in [2.75, 3.05) is 21.3 Å². The van der Waals surface area contributed by atoms with Crippen molar-refractivity contribution < 1.29 is 24.1 Å². The molecule has 2 aromatic carbocycles. The summed E-state index contributed by atoms with van der Waals surface area (Å²) in [5, 5.41) is 10.5. The highest BCUT2D eigenvalue weighted by atomic mass is 16.5. The fraction of sp³-hybridized carbons (Fsp3) is 0.250. The molecule has 0 saturated heterocycles. The average Bonchev–Trinajstić information content (AvgIpc) is 2.65. The maximum Gasteiger partial charge on any atom is 0.150 e. The van der Waals surface area contributed by atoms with Crippen LogP contribution in [0.25, 0.3) is 5.57 Å². The molecule has 0 atom stereocenters. The highest BCUT2D eigenvalue weighted by molar-refractivity contribution is 6.09. The predicted molar refractivity (Wildman–Crippen MR) is 96.7 cm³/mol. The van der Waals surface area contributed by atoms with E-state index in [-0.39, 0.29) is 5.75 Å². The van der Waals surface area contributed by atoms with E-state index in [2.05, 4.69) is 0 Å². The third-order valence-corrected chi connectivity index (χ3v) is 4.02. The Morgan fingerprint density at radius 3 is 2.40 bits per heavy atom.